The zero-order valence-corrected chi connectivity index (χ0v) is 13.5. The van der Waals surface area contributed by atoms with E-state index in [0.717, 1.165) is 12.4 Å². The lowest BCUT2D eigenvalue weighted by atomic mass is 10.2. The molecule has 0 amide bonds. The summed E-state index contributed by atoms with van der Waals surface area (Å²) in [7, 11) is 0. The zero-order chi connectivity index (χ0) is 17.9. The Labute approximate surface area is 145 Å². The van der Waals surface area contributed by atoms with Crippen molar-refractivity contribution in [2.24, 2.45) is 4.99 Å². The van der Waals surface area contributed by atoms with E-state index in [9.17, 15) is 13.2 Å². The second kappa shape index (κ2) is 7.31. The molecule has 0 spiro atoms. The van der Waals surface area contributed by atoms with Crippen molar-refractivity contribution in [3.63, 3.8) is 0 Å². The number of carboxylic acid groups (broad SMARTS) is 1. The molecular formula is C14H12Cl2F3N3O2. The Bertz CT molecular complexity index is 672. The number of anilines is 1. The Kier molecular flexibility index (Phi) is 5.61. The molecule has 1 aliphatic carbocycles. The van der Waals surface area contributed by atoms with Crippen LogP contribution in [0.4, 0.5) is 18.9 Å². The van der Waals surface area contributed by atoms with Crippen LogP contribution in [-0.4, -0.2) is 35.3 Å². The van der Waals surface area contributed by atoms with E-state index in [1.807, 2.05) is 6.07 Å². The first-order valence-electron chi connectivity index (χ1n) is 6.70. The molecule has 0 fully saturated rings. The van der Waals surface area contributed by atoms with Gasteiger partial charge >= 0.3 is 12.1 Å². The van der Waals surface area contributed by atoms with Crippen molar-refractivity contribution in [2.45, 2.75) is 24.7 Å². The van der Waals surface area contributed by atoms with Gasteiger partial charge in [-0.2, -0.15) is 13.2 Å². The Morgan fingerprint density at radius 1 is 1.33 bits per heavy atom. The molecular weight excluding hydrogens is 370 g/mol. The minimum atomic E-state index is -5.08. The van der Waals surface area contributed by atoms with E-state index in [1.54, 1.807) is 12.1 Å². The molecule has 0 bridgehead atoms. The van der Waals surface area contributed by atoms with Crippen LogP contribution in [0.5, 0.6) is 0 Å². The van der Waals surface area contributed by atoms with E-state index in [-0.39, 0.29) is 6.04 Å². The van der Waals surface area contributed by atoms with Crippen molar-refractivity contribution in [2.75, 3.05) is 5.32 Å². The van der Waals surface area contributed by atoms with Gasteiger partial charge in [0.2, 0.25) is 0 Å². The SMILES string of the molecule is Clc1cccc(Cl)c1NC1=NC2C=CCC2N1.O=C(O)C(F)(F)F. The summed E-state index contributed by atoms with van der Waals surface area (Å²) < 4.78 is 31.7. The molecule has 2 unspecified atom stereocenters. The highest BCUT2D eigenvalue weighted by molar-refractivity contribution is 6.39. The van der Waals surface area contributed by atoms with Crippen molar-refractivity contribution >= 4 is 40.8 Å². The van der Waals surface area contributed by atoms with Gasteiger partial charge in [0, 0.05) is 0 Å². The Balaban J connectivity index is 0.000000256. The third-order valence-electron chi connectivity index (χ3n) is 3.18. The number of hydrogen-bond acceptors (Lipinski definition) is 4. The van der Waals surface area contributed by atoms with Crippen molar-refractivity contribution in [3.8, 4) is 0 Å². The second-order valence-corrected chi connectivity index (χ2v) is 5.72. The number of aliphatic imine (C=N–C) groups is 1. The number of benzene rings is 1. The van der Waals surface area contributed by atoms with E-state index in [0.29, 0.717) is 21.8 Å². The van der Waals surface area contributed by atoms with Gasteiger partial charge in [-0.25, -0.2) is 9.79 Å². The maximum atomic E-state index is 10.6. The molecule has 0 saturated heterocycles. The first-order chi connectivity index (χ1) is 11.2. The molecule has 10 heteroatoms. The number of alkyl halides is 3. The normalized spacial score (nSPS) is 21.3. The van der Waals surface area contributed by atoms with Crippen LogP contribution in [0, 0.1) is 0 Å². The Hall–Kier alpha value is -1.93. The Morgan fingerprint density at radius 2 is 1.92 bits per heavy atom. The van der Waals surface area contributed by atoms with Gasteiger partial charge in [-0.15, -0.1) is 0 Å². The number of rotatable bonds is 1. The lowest BCUT2D eigenvalue weighted by molar-refractivity contribution is -0.192. The van der Waals surface area contributed by atoms with Crippen molar-refractivity contribution in [1.82, 2.24) is 5.32 Å². The van der Waals surface area contributed by atoms with E-state index < -0.39 is 12.1 Å². The highest BCUT2D eigenvalue weighted by atomic mass is 35.5. The predicted octanol–water partition coefficient (Wildman–Crippen LogP) is 3.69. The van der Waals surface area contributed by atoms with Crippen LogP contribution >= 0.6 is 23.2 Å². The summed E-state index contributed by atoms with van der Waals surface area (Å²) in [5.74, 6) is -2.02. The summed E-state index contributed by atoms with van der Waals surface area (Å²) >= 11 is 12.2. The van der Waals surface area contributed by atoms with Crippen LogP contribution < -0.4 is 10.6 Å². The highest BCUT2D eigenvalue weighted by Crippen LogP contribution is 2.30. The predicted molar refractivity (Wildman–Crippen MR) is 85.7 cm³/mol. The van der Waals surface area contributed by atoms with Crippen molar-refractivity contribution < 1.29 is 23.1 Å². The lowest BCUT2D eigenvalue weighted by Gasteiger charge is -2.12. The summed E-state index contributed by atoms with van der Waals surface area (Å²) in [6, 6.07) is 6.02. The summed E-state index contributed by atoms with van der Waals surface area (Å²) in [6.45, 7) is 0. The second-order valence-electron chi connectivity index (χ2n) is 4.91. The standard InChI is InChI=1S/C12H11Cl2N3.C2HF3O2/c13-7-3-1-4-8(14)11(7)17-12-15-9-5-2-6-10(9)16-12;3-2(4,5)1(6)7/h1-5,9-10H,6H2,(H2,15,16,17);(H,6,7). The third kappa shape index (κ3) is 4.55. The number of nitrogens with one attached hydrogen (secondary N) is 2. The molecule has 3 rings (SSSR count). The molecule has 2 aliphatic rings. The van der Waals surface area contributed by atoms with Gasteiger partial charge in [-0.05, 0) is 18.6 Å². The number of carbonyl (C=O) groups is 1. The number of carboxylic acids is 1. The number of fused-ring (bicyclic) bond motifs is 1. The fraction of sp³-hybridized carbons (Fsp3) is 0.286. The quantitative estimate of drug-likeness (QED) is 0.648. The molecule has 24 heavy (non-hydrogen) atoms. The molecule has 1 aromatic rings. The monoisotopic (exact) mass is 381 g/mol. The van der Waals surface area contributed by atoms with Crippen molar-refractivity contribution in [1.29, 1.82) is 0 Å². The lowest BCUT2D eigenvalue weighted by Crippen LogP contribution is -2.34. The van der Waals surface area contributed by atoms with E-state index >= 15 is 0 Å². The number of halogens is 5. The number of guanidine groups is 1. The van der Waals surface area contributed by atoms with Crippen LogP contribution in [0.3, 0.4) is 0 Å². The summed E-state index contributed by atoms with van der Waals surface area (Å²) in [4.78, 5) is 13.4. The van der Waals surface area contributed by atoms with Gasteiger partial charge in [0.15, 0.2) is 5.96 Å². The average Bonchev–Trinajstić information content (AvgIpc) is 3.03. The van der Waals surface area contributed by atoms with Gasteiger partial charge in [-0.3, -0.25) is 0 Å². The third-order valence-corrected chi connectivity index (χ3v) is 3.81. The van der Waals surface area contributed by atoms with Gasteiger partial charge in [0.25, 0.3) is 0 Å². The van der Waals surface area contributed by atoms with Gasteiger partial charge in [0.05, 0.1) is 27.8 Å². The van der Waals surface area contributed by atoms with Crippen LogP contribution in [0.25, 0.3) is 0 Å². The molecule has 0 saturated carbocycles. The fourth-order valence-electron chi connectivity index (χ4n) is 2.08. The summed E-state index contributed by atoms with van der Waals surface area (Å²) in [6.07, 6.45) is 0.182. The number of nitrogens with zero attached hydrogens (tertiary/aromatic N) is 1. The van der Waals surface area contributed by atoms with Crippen molar-refractivity contribution in [3.05, 3.63) is 40.4 Å². The first-order valence-corrected chi connectivity index (χ1v) is 7.46. The van der Waals surface area contributed by atoms with Gasteiger partial charge in [-0.1, -0.05) is 41.4 Å². The molecule has 2 atom stereocenters. The molecule has 3 N–H and O–H groups in total. The zero-order valence-electron chi connectivity index (χ0n) is 11.9. The topological polar surface area (TPSA) is 73.7 Å². The van der Waals surface area contributed by atoms with Crippen LogP contribution in [-0.2, 0) is 4.79 Å². The number of aliphatic carboxylic acids is 1. The van der Waals surface area contributed by atoms with Gasteiger partial charge < -0.3 is 15.7 Å². The van der Waals surface area contributed by atoms with Crippen LogP contribution in [0.15, 0.2) is 35.3 Å². The molecule has 1 aliphatic heterocycles. The summed E-state index contributed by atoms with van der Waals surface area (Å²) in [5, 5.41) is 14.8. The number of para-hydroxylation sites is 1. The first kappa shape index (κ1) is 18.4. The molecule has 0 radical (unpaired) electrons. The fourth-order valence-corrected chi connectivity index (χ4v) is 2.57. The molecule has 1 aromatic carbocycles. The Morgan fingerprint density at radius 3 is 2.42 bits per heavy atom. The summed E-state index contributed by atoms with van der Waals surface area (Å²) in [5.41, 5.74) is 0.700. The smallest absolute Gasteiger partial charge is 0.475 e. The highest BCUT2D eigenvalue weighted by Gasteiger charge is 2.38. The van der Waals surface area contributed by atoms with E-state index in [2.05, 4.69) is 27.8 Å². The molecule has 1 heterocycles. The maximum absolute atomic E-state index is 10.6. The largest absolute Gasteiger partial charge is 0.490 e. The minimum Gasteiger partial charge on any atom is -0.475 e. The molecule has 130 valence electrons. The van der Waals surface area contributed by atoms with Gasteiger partial charge in [0.1, 0.15) is 0 Å². The van der Waals surface area contributed by atoms with Crippen LogP contribution in [0.1, 0.15) is 6.42 Å². The average molecular weight is 382 g/mol. The minimum absolute atomic E-state index is 0.235. The molecule has 0 aromatic heterocycles. The maximum Gasteiger partial charge on any atom is 0.490 e. The molecule has 5 nitrogen and oxygen atoms in total. The van der Waals surface area contributed by atoms with E-state index in [4.69, 9.17) is 33.1 Å². The van der Waals surface area contributed by atoms with E-state index in [1.165, 1.54) is 0 Å². The van der Waals surface area contributed by atoms with Crippen LogP contribution in [0.2, 0.25) is 10.0 Å². The number of hydrogen-bond donors (Lipinski definition) is 3.